The van der Waals surface area contributed by atoms with Crippen LogP contribution in [0.1, 0.15) is 28.9 Å². The number of aryl methyl sites for hydroxylation is 1. The number of carbonyl (C=O) groups is 1. The molecular weight excluding hydrogens is 252 g/mol. The second kappa shape index (κ2) is 5.36. The minimum atomic E-state index is 0.0108. The molecule has 0 atom stereocenters. The highest BCUT2D eigenvalue weighted by atomic mass is 16.1. The first-order valence-corrected chi connectivity index (χ1v) is 6.84. The van der Waals surface area contributed by atoms with Gasteiger partial charge in [0, 0.05) is 30.5 Å². The van der Waals surface area contributed by atoms with Crippen LogP contribution in [-0.4, -0.2) is 21.7 Å². The number of anilines is 1. The standard InChI is InChI=1S/C15H18N4O/c1-19-14(7-8-17-19)10-16-13-4-2-3-11(9-13)15(20)18-12-5-6-12/h2-4,7-9,12,16H,5-6,10H2,1H3,(H,18,20). The van der Waals surface area contributed by atoms with E-state index in [9.17, 15) is 4.79 Å². The lowest BCUT2D eigenvalue weighted by atomic mass is 10.2. The highest BCUT2D eigenvalue weighted by molar-refractivity contribution is 5.95. The Bertz CT molecular complexity index is 616. The lowest BCUT2D eigenvalue weighted by Crippen LogP contribution is -2.25. The maximum absolute atomic E-state index is 12.0. The second-order valence-corrected chi connectivity index (χ2v) is 5.13. The van der Waals surface area contributed by atoms with Crippen LogP contribution >= 0.6 is 0 Å². The van der Waals surface area contributed by atoms with Gasteiger partial charge >= 0.3 is 0 Å². The van der Waals surface area contributed by atoms with Crippen molar-refractivity contribution in [3.8, 4) is 0 Å². The van der Waals surface area contributed by atoms with Crippen LogP contribution in [0.4, 0.5) is 5.69 Å². The lowest BCUT2D eigenvalue weighted by molar-refractivity contribution is 0.0951. The molecule has 0 saturated heterocycles. The molecule has 5 nitrogen and oxygen atoms in total. The van der Waals surface area contributed by atoms with E-state index in [1.165, 1.54) is 0 Å². The quantitative estimate of drug-likeness (QED) is 0.872. The van der Waals surface area contributed by atoms with Gasteiger partial charge in [0.1, 0.15) is 0 Å². The summed E-state index contributed by atoms with van der Waals surface area (Å²) in [6.45, 7) is 0.685. The Balaban J connectivity index is 1.64. The monoisotopic (exact) mass is 270 g/mol. The number of hydrogen-bond donors (Lipinski definition) is 2. The molecule has 0 unspecified atom stereocenters. The Hall–Kier alpha value is -2.30. The second-order valence-electron chi connectivity index (χ2n) is 5.13. The van der Waals surface area contributed by atoms with Gasteiger partial charge in [-0.05, 0) is 37.1 Å². The Morgan fingerprint density at radius 2 is 2.25 bits per heavy atom. The molecule has 1 amide bonds. The van der Waals surface area contributed by atoms with Crippen LogP contribution in [0.3, 0.4) is 0 Å². The number of nitrogens with one attached hydrogen (secondary N) is 2. The van der Waals surface area contributed by atoms with Crippen molar-refractivity contribution in [2.75, 3.05) is 5.32 Å². The summed E-state index contributed by atoms with van der Waals surface area (Å²) < 4.78 is 1.83. The van der Waals surface area contributed by atoms with E-state index in [4.69, 9.17) is 0 Å². The molecule has 1 saturated carbocycles. The van der Waals surface area contributed by atoms with Crippen molar-refractivity contribution >= 4 is 11.6 Å². The fourth-order valence-electron chi connectivity index (χ4n) is 2.03. The van der Waals surface area contributed by atoms with E-state index < -0.39 is 0 Å². The van der Waals surface area contributed by atoms with Crippen molar-refractivity contribution in [2.45, 2.75) is 25.4 Å². The van der Waals surface area contributed by atoms with E-state index in [0.29, 0.717) is 18.2 Å². The van der Waals surface area contributed by atoms with Crippen LogP contribution in [0.5, 0.6) is 0 Å². The first-order chi connectivity index (χ1) is 9.72. The molecule has 2 N–H and O–H groups in total. The normalized spacial score (nSPS) is 14.1. The van der Waals surface area contributed by atoms with E-state index in [2.05, 4.69) is 15.7 Å². The number of carbonyl (C=O) groups excluding carboxylic acids is 1. The Morgan fingerprint density at radius 3 is 2.95 bits per heavy atom. The molecule has 1 aliphatic carbocycles. The third-order valence-corrected chi connectivity index (χ3v) is 3.43. The Labute approximate surface area is 118 Å². The maximum atomic E-state index is 12.0. The maximum Gasteiger partial charge on any atom is 0.251 e. The highest BCUT2D eigenvalue weighted by Gasteiger charge is 2.23. The smallest absolute Gasteiger partial charge is 0.251 e. The van der Waals surface area contributed by atoms with Crippen molar-refractivity contribution in [1.82, 2.24) is 15.1 Å². The van der Waals surface area contributed by atoms with Crippen LogP contribution in [0, 0.1) is 0 Å². The van der Waals surface area contributed by atoms with Gasteiger partial charge in [0.25, 0.3) is 5.91 Å². The zero-order chi connectivity index (χ0) is 13.9. The zero-order valence-electron chi connectivity index (χ0n) is 11.5. The molecule has 1 aromatic carbocycles. The average Bonchev–Trinajstić information content (AvgIpc) is 3.17. The zero-order valence-corrected chi connectivity index (χ0v) is 11.5. The fraction of sp³-hybridized carbons (Fsp3) is 0.333. The Morgan fingerprint density at radius 1 is 1.40 bits per heavy atom. The molecule has 1 fully saturated rings. The number of nitrogens with zero attached hydrogens (tertiary/aromatic N) is 2. The fourth-order valence-corrected chi connectivity index (χ4v) is 2.03. The molecule has 0 spiro atoms. The summed E-state index contributed by atoms with van der Waals surface area (Å²) in [5, 5.41) is 10.4. The molecule has 0 bridgehead atoms. The van der Waals surface area contributed by atoms with Crippen LogP contribution in [0.2, 0.25) is 0 Å². The summed E-state index contributed by atoms with van der Waals surface area (Å²) in [5.74, 6) is 0.0108. The summed E-state index contributed by atoms with van der Waals surface area (Å²) >= 11 is 0. The van der Waals surface area contributed by atoms with Crippen molar-refractivity contribution in [1.29, 1.82) is 0 Å². The summed E-state index contributed by atoms with van der Waals surface area (Å²) in [6, 6.07) is 9.93. The SMILES string of the molecule is Cn1nccc1CNc1cccc(C(=O)NC2CC2)c1. The van der Waals surface area contributed by atoms with Gasteiger partial charge in [0.05, 0.1) is 12.2 Å². The number of benzene rings is 1. The van der Waals surface area contributed by atoms with E-state index in [1.54, 1.807) is 6.20 Å². The van der Waals surface area contributed by atoms with Gasteiger partial charge in [-0.25, -0.2) is 0 Å². The molecular formula is C15H18N4O. The summed E-state index contributed by atoms with van der Waals surface area (Å²) in [4.78, 5) is 12.0. The van der Waals surface area contributed by atoms with E-state index >= 15 is 0 Å². The number of amides is 1. The van der Waals surface area contributed by atoms with E-state index in [0.717, 1.165) is 24.2 Å². The minimum Gasteiger partial charge on any atom is -0.379 e. The topological polar surface area (TPSA) is 59.0 Å². The van der Waals surface area contributed by atoms with Gasteiger partial charge < -0.3 is 10.6 Å². The summed E-state index contributed by atoms with van der Waals surface area (Å²) in [7, 11) is 1.91. The average molecular weight is 270 g/mol. The first kappa shape index (κ1) is 12.7. The van der Waals surface area contributed by atoms with Gasteiger partial charge in [-0.2, -0.15) is 5.10 Å². The van der Waals surface area contributed by atoms with Gasteiger partial charge in [-0.15, -0.1) is 0 Å². The summed E-state index contributed by atoms with van der Waals surface area (Å²) in [6.07, 6.45) is 3.98. The van der Waals surface area contributed by atoms with Gasteiger partial charge in [-0.1, -0.05) is 6.07 Å². The molecule has 5 heteroatoms. The van der Waals surface area contributed by atoms with Crippen molar-refractivity contribution in [3.63, 3.8) is 0 Å². The molecule has 1 heterocycles. The van der Waals surface area contributed by atoms with E-state index in [1.807, 2.05) is 42.1 Å². The Kier molecular flexibility index (Phi) is 3.41. The third-order valence-electron chi connectivity index (χ3n) is 3.43. The number of hydrogen-bond acceptors (Lipinski definition) is 3. The van der Waals surface area contributed by atoms with Crippen LogP contribution in [-0.2, 0) is 13.6 Å². The van der Waals surface area contributed by atoms with Crippen LogP contribution < -0.4 is 10.6 Å². The van der Waals surface area contributed by atoms with E-state index in [-0.39, 0.29) is 5.91 Å². The summed E-state index contributed by atoms with van der Waals surface area (Å²) in [5.41, 5.74) is 2.74. The molecule has 0 radical (unpaired) electrons. The van der Waals surface area contributed by atoms with Crippen LogP contribution in [0.15, 0.2) is 36.5 Å². The molecule has 2 aromatic rings. The largest absolute Gasteiger partial charge is 0.379 e. The predicted molar refractivity (Wildman–Crippen MR) is 77.5 cm³/mol. The predicted octanol–water partition coefficient (Wildman–Crippen LogP) is 1.92. The number of aromatic nitrogens is 2. The first-order valence-electron chi connectivity index (χ1n) is 6.84. The van der Waals surface area contributed by atoms with Crippen molar-refractivity contribution < 1.29 is 4.79 Å². The van der Waals surface area contributed by atoms with Gasteiger partial charge in [-0.3, -0.25) is 9.48 Å². The van der Waals surface area contributed by atoms with Gasteiger partial charge in [0.15, 0.2) is 0 Å². The highest BCUT2D eigenvalue weighted by Crippen LogP contribution is 2.20. The van der Waals surface area contributed by atoms with Crippen molar-refractivity contribution in [2.24, 2.45) is 7.05 Å². The third kappa shape index (κ3) is 2.99. The minimum absolute atomic E-state index is 0.0108. The number of rotatable bonds is 5. The molecule has 104 valence electrons. The lowest BCUT2D eigenvalue weighted by Gasteiger charge is -2.09. The molecule has 20 heavy (non-hydrogen) atoms. The van der Waals surface area contributed by atoms with Crippen LogP contribution in [0.25, 0.3) is 0 Å². The van der Waals surface area contributed by atoms with Gasteiger partial charge in [0.2, 0.25) is 0 Å². The molecule has 1 aromatic heterocycles. The van der Waals surface area contributed by atoms with Crippen molar-refractivity contribution in [3.05, 3.63) is 47.8 Å². The molecule has 0 aliphatic heterocycles. The molecule has 3 rings (SSSR count). The molecule has 1 aliphatic rings.